The van der Waals surface area contributed by atoms with Gasteiger partial charge in [-0.2, -0.15) is 0 Å². The molecule has 5 nitrogen and oxygen atoms in total. The Morgan fingerprint density at radius 2 is 2.03 bits per heavy atom. The van der Waals surface area contributed by atoms with Gasteiger partial charge < -0.3 is 15.8 Å². The molecule has 1 aromatic heterocycles. The molecule has 1 aliphatic carbocycles. The number of nitrogens with two attached hydrogens (primary N) is 1. The highest BCUT2D eigenvalue weighted by Gasteiger charge is 2.30. The molecule has 1 aromatic carbocycles. The quantitative estimate of drug-likeness (QED) is 0.519. The Balaban J connectivity index is 0.000000944. The number of thiazole rings is 1. The SMILES string of the molecule is C=CC.CCCOc1cc(C)c2c(c1C)CC([C@H](C)C(=O)Nc1nc(C)cs1)CC2.CN. The fourth-order valence-corrected chi connectivity index (χ4v) is 4.65. The van der Waals surface area contributed by atoms with Gasteiger partial charge in [-0.15, -0.1) is 17.9 Å². The van der Waals surface area contributed by atoms with Gasteiger partial charge in [0, 0.05) is 11.3 Å². The van der Waals surface area contributed by atoms with Gasteiger partial charge in [-0.05, 0) is 94.7 Å². The van der Waals surface area contributed by atoms with E-state index in [-0.39, 0.29) is 11.8 Å². The van der Waals surface area contributed by atoms with Crippen molar-refractivity contribution in [3.8, 4) is 5.75 Å². The molecule has 3 N–H and O–H groups in total. The molecule has 1 aliphatic rings. The van der Waals surface area contributed by atoms with E-state index >= 15 is 0 Å². The lowest BCUT2D eigenvalue weighted by Crippen LogP contribution is -2.31. The fourth-order valence-electron chi connectivity index (χ4n) is 3.96. The Morgan fingerprint density at radius 1 is 1.38 bits per heavy atom. The number of nitrogens with zero attached hydrogens (tertiary/aromatic N) is 1. The summed E-state index contributed by atoms with van der Waals surface area (Å²) in [5, 5.41) is 5.65. The van der Waals surface area contributed by atoms with Crippen molar-refractivity contribution in [1.29, 1.82) is 0 Å². The van der Waals surface area contributed by atoms with E-state index in [1.807, 2.05) is 26.2 Å². The third-order valence-electron chi connectivity index (χ3n) is 5.67. The Morgan fingerprint density at radius 3 is 2.59 bits per heavy atom. The average molecular weight is 460 g/mol. The number of hydrogen-bond donors (Lipinski definition) is 2. The molecule has 2 aromatic rings. The number of hydrogen-bond acceptors (Lipinski definition) is 5. The minimum Gasteiger partial charge on any atom is -0.493 e. The van der Waals surface area contributed by atoms with Crippen LogP contribution in [0.4, 0.5) is 5.13 Å². The minimum atomic E-state index is -0.0396. The van der Waals surface area contributed by atoms with Gasteiger partial charge in [0.15, 0.2) is 5.13 Å². The van der Waals surface area contributed by atoms with Crippen LogP contribution in [0.15, 0.2) is 24.1 Å². The summed E-state index contributed by atoms with van der Waals surface area (Å²) < 4.78 is 5.97. The minimum absolute atomic E-state index is 0.0396. The molecular formula is C26H41N3O2S. The van der Waals surface area contributed by atoms with Crippen LogP contribution in [0, 0.1) is 32.6 Å². The summed E-state index contributed by atoms with van der Waals surface area (Å²) in [5.41, 5.74) is 10.9. The Labute approximate surface area is 198 Å². The van der Waals surface area contributed by atoms with E-state index in [0.717, 1.165) is 43.7 Å². The summed E-state index contributed by atoms with van der Waals surface area (Å²) in [6.45, 7) is 16.4. The second-order valence-corrected chi connectivity index (χ2v) is 8.96. The summed E-state index contributed by atoms with van der Waals surface area (Å²) >= 11 is 1.48. The lowest BCUT2D eigenvalue weighted by molar-refractivity contribution is -0.121. The van der Waals surface area contributed by atoms with Crippen LogP contribution in [0.25, 0.3) is 0 Å². The topological polar surface area (TPSA) is 77.2 Å². The number of allylic oxidation sites excluding steroid dienone is 1. The molecule has 0 spiro atoms. The molecule has 2 atom stereocenters. The van der Waals surface area contributed by atoms with Crippen molar-refractivity contribution in [2.24, 2.45) is 17.6 Å². The summed E-state index contributed by atoms with van der Waals surface area (Å²) in [6.07, 6.45) is 5.78. The standard InChI is InChI=1S/C22H30N2O2S.C3H6.CH5N/c1-6-9-26-20-10-13(2)18-8-7-17(11-19(18)16(20)5)15(4)21(25)24-22-23-14(3)12-27-22;1-3-2;1-2/h10,12,15,17H,6-9,11H2,1-5H3,(H,23,24,25);3H,1H2,2H3;2H2,1H3/t15-,17?;;/m0../s1. The summed E-state index contributed by atoms with van der Waals surface area (Å²) in [4.78, 5) is 17.1. The van der Waals surface area contributed by atoms with Crippen LogP contribution >= 0.6 is 11.3 Å². The maximum absolute atomic E-state index is 12.7. The van der Waals surface area contributed by atoms with Crippen molar-refractivity contribution in [3.05, 3.63) is 52.0 Å². The number of amides is 1. The number of fused-ring (bicyclic) bond motifs is 1. The Kier molecular flexibility index (Phi) is 12.2. The number of aryl methyl sites for hydroxylation is 2. The van der Waals surface area contributed by atoms with E-state index in [0.29, 0.717) is 11.0 Å². The maximum atomic E-state index is 12.7. The summed E-state index contributed by atoms with van der Waals surface area (Å²) in [7, 11) is 1.50. The van der Waals surface area contributed by atoms with E-state index in [2.05, 4.69) is 49.5 Å². The summed E-state index contributed by atoms with van der Waals surface area (Å²) in [6, 6.07) is 2.19. The van der Waals surface area contributed by atoms with Crippen LogP contribution < -0.4 is 15.8 Å². The van der Waals surface area contributed by atoms with Gasteiger partial charge in [0.05, 0.1) is 12.3 Å². The average Bonchev–Trinajstić information content (AvgIpc) is 3.20. The van der Waals surface area contributed by atoms with Crippen molar-refractivity contribution in [1.82, 2.24) is 4.98 Å². The number of anilines is 1. The maximum Gasteiger partial charge on any atom is 0.229 e. The van der Waals surface area contributed by atoms with Crippen LogP contribution in [0.2, 0.25) is 0 Å². The number of aromatic nitrogens is 1. The molecule has 0 bridgehead atoms. The first kappa shape index (κ1) is 27.9. The molecule has 3 rings (SSSR count). The van der Waals surface area contributed by atoms with Gasteiger partial charge in [0.1, 0.15) is 5.75 Å². The second-order valence-electron chi connectivity index (χ2n) is 8.11. The number of rotatable bonds is 6. The largest absolute Gasteiger partial charge is 0.493 e. The molecule has 1 unspecified atom stereocenters. The van der Waals surface area contributed by atoms with Crippen molar-refractivity contribution in [2.75, 3.05) is 19.0 Å². The molecule has 0 radical (unpaired) electrons. The van der Waals surface area contributed by atoms with Crippen LogP contribution in [0.3, 0.4) is 0 Å². The molecule has 0 fully saturated rings. The number of ether oxygens (including phenoxy) is 1. The number of carbonyl (C=O) groups is 1. The number of carbonyl (C=O) groups excluding carboxylic acids is 1. The molecule has 1 amide bonds. The predicted molar refractivity (Wildman–Crippen MR) is 138 cm³/mol. The van der Waals surface area contributed by atoms with Crippen molar-refractivity contribution < 1.29 is 9.53 Å². The normalized spacial score (nSPS) is 15.2. The zero-order valence-electron chi connectivity index (χ0n) is 20.9. The van der Waals surface area contributed by atoms with Crippen LogP contribution in [-0.2, 0) is 17.6 Å². The molecule has 6 heteroatoms. The third kappa shape index (κ3) is 7.45. The Hall–Kier alpha value is -2.18. The summed E-state index contributed by atoms with van der Waals surface area (Å²) in [5.74, 6) is 1.38. The third-order valence-corrected chi connectivity index (χ3v) is 6.55. The molecule has 178 valence electrons. The van der Waals surface area contributed by atoms with Crippen LogP contribution in [0.1, 0.15) is 61.6 Å². The Bertz CT molecular complexity index is 876. The highest BCUT2D eigenvalue weighted by molar-refractivity contribution is 7.13. The lowest BCUT2D eigenvalue weighted by atomic mass is 9.75. The van der Waals surface area contributed by atoms with E-state index in [4.69, 9.17) is 4.74 Å². The van der Waals surface area contributed by atoms with Gasteiger partial charge >= 0.3 is 0 Å². The highest BCUT2D eigenvalue weighted by Crippen LogP contribution is 2.38. The van der Waals surface area contributed by atoms with Gasteiger partial charge in [0.25, 0.3) is 0 Å². The van der Waals surface area contributed by atoms with Crippen molar-refractivity contribution in [2.45, 2.75) is 67.2 Å². The van der Waals surface area contributed by atoms with E-state index < -0.39 is 0 Å². The van der Waals surface area contributed by atoms with Gasteiger partial charge in [0.2, 0.25) is 5.91 Å². The van der Waals surface area contributed by atoms with E-state index in [1.54, 1.807) is 6.08 Å². The zero-order valence-corrected chi connectivity index (χ0v) is 21.7. The fraction of sp³-hybridized carbons (Fsp3) is 0.538. The first-order valence-corrected chi connectivity index (χ1v) is 12.3. The van der Waals surface area contributed by atoms with Crippen LogP contribution in [-0.4, -0.2) is 24.5 Å². The van der Waals surface area contributed by atoms with Crippen molar-refractivity contribution >= 4 is 22.4 Å². The predicted octanol–water partition coefficient (Wildman–Crippen LogP) is 6.00. The first-order valence-electron chi connectivity index (χ1n) is 11.4. The van der Waals surface area contributed by atoms with Gasteiger partial charge in [-0.25, -0.2) is 4.98 Å². The zero-order chi connectivity index (χ0) is 24.3. The van der Waals surface area contributed by atoms with Crippen molar-refractivity contribution in [3.63, 3.8) is 0 Å². The molecule has 1 heterocycles. The van der Waals surface area contributed by atoms with E-state index in [9.17, 15) is 4.79 Å². The van der Waals surface area contributed by atoms with Gasteiger partial charge in [-0.3, -0.25) is 4.79 Å². The number of nitrogens with one attached hydrogen (secondary N) is 1. The lowest BCUT2D eigenvalue weighted by Gasteiger charge is -2.31. The molecular weight excluding hydrogens is 418 g/mol. The second kappa shape index (κ2) is 14.1. The molecule has 0 aliphatic heterocycles. The number of benzene rings is 1. The highest BCUT2D eigenvalue weighted by atomic mass is 32.1. The van der Waals surface area contributed by atoms with Crippen LogP contribution in [0.5, 0.6) is 5.75 Å². The molecule has 0 saturated heterocycles. The van der Waals surface area contributed by atoms with Gasteiger partial charge in [-0.1, -0.05) is 19.9 Å². The van der Waals surface area contributed by atoms with E-state index in [1.165, 1.54) is 40.6 Å². The molecule has 32 heavy (non-hydrogen) atoms. The smallest absolute Gasteiger partial charge is 0.229 e. The monoisotopic (exact) mass is 459 g/mol. The molecule has 0 saturated carbocycles. The first-order chi connectivity index (χ1) is 15.3.